The maximum absolute atomic E-state index is 2.23. The van der Waals surface area contributed by atoms with E-state index in [0.717, 1.165) is 0 Å². The van der Waals surface area contributed by atoms with Gasteiger partial charge in [-0.25, -0.2) is 0 Å². The Kier molecular flexibility index (Phi) is 7.83. The van der Waals surface area contributed by atoms with Gasteiger partial charge < -0.3 is 0 Å². The van der Waals surface area contributed by atoms with Crippen LogP contribution in [0.4, 0.5) is 0 Å². The van der Waals surface area contributed by atoms with Crippen LogP contribution in [0.3, 0.4) is 0 Å². The molecule has 4 heterocycles. The second-order valence-corrected chi connectivity index (χ2v) is 13.4. The van der Waals surface area contributed by atoms with Gasteiger partial charge in [0.05, 0.1) is 16.9 Å². The normalized spacial score (nSPS) is 23.1. The van der Waals surface area contributed by atoms with E-state index < -0.39 is 0 Å². The van der Waals surface area contributed by atoms with Gasteiger partial charge in [0.1, 0.15) is 0 Å². The van der Waals surface area contributed by atoms with E-state index in [1.807, 2.05) is 94.1 Å². The van der Waals surface area contributed by atoms with Crippen molar-refractivity contribution in [1.29, 1.82) is 0 Å². The van der Waals surface area contributed by atoms with Crippen LogP contribution >= 0.6 is 94.1 Å². The third kappa shape index (κ3) is 5.50. The SMILES string of the molecule is C1=CSC(=C2SC=C(/C=C/C=C/C=C/C3=CSC(=C4SC=CS4)S3)S2)S1. The summed E-state index contributed by atoms with van der Waals surface area (Å²) in [5.41, 5.74) is 0. The Bertz CT molecular complexity index is 758. The lowest BCUT2D eigenvalue weighted by atomic mass is 10.4. The molecule has 132 valence electrons. The van der Waals surface area contributed by atoms with Gasteiger partial charge in [0.25, 0.3) is 0 Å². The molecule has 4 rings (SSSR count). The summed E-state index contributed by atoms with van der Waals surface area (Å²) >= 11 is 14.6. The van der Waals surface area contributed by atoms with Crippen molar-refractivity contribution in [2.24, 2.45) is 0 Å². The molecule has 0 saturated heterocycles. The molecule has 0 nitrogen and oxygen atoms in total. The molecule has 0 saturated carbocycles. The van der Waals surface area contributed by atoms with Crippen LogP contribution < -0.4 is 0 Å². The van der Waals surface area contributed by atoms with E-state index in [2.05, 4.69) is 68.9 Å². The van der Waals surface area contributed by atoms with Crippen LogP contribution in [0, 0.1) is 0 Å². The molecule has 26 heavy (non-hydrogen) atoms. The quantitative estimate of drug-likeness (QED) is 0.357. The predicted octanol–water partition coefficient (Wildman–Crippen LogP) is 9.45. The minimum absolute atomic E-state index is 1.31. The Morgan fingerprint density at radius 1 is 0.462 bits per heavy atom. The van der Waals surface area contributed by atoms with Crippen LogP contribution in [-0.4, -0.2) is 0 Å². The van der Waals surface area contributed by atoms with E-state index in [9.17, 15) is 0 Å². The molecule has 0 atom stereocenters. The van der Waals surface area contributed by atoms with E-state index in [4.69, 9.17) is 0 Å². The number of thioether (sulfide) groups is 8. The summed E-state index contributed by atoms with van der Waals surface area (Å²) in [6.07, 6.45) is 12.8. The highest BCUT2D eigenvalue weighted by atomic mass is 32.2. The zero-order valence-electron chi connectivity index (χ0n) is 13.2. The monoisotopic (exact) mass is 484 g/mol. The van der Waals surface area contributed by atoms with Crippen molar-refractivity contribution in [1.82, 2.24) is 0 Å². The van der Waals surface area contributed by atoms with Crippen molar-refractivity contribution in [3.63, 3.8) is 0 Å². The van der Waals surface area contributed by atoms with Crippen molar-refractivity contribution in [2.45, 2.75) is 0 Å². The maximum Gasteiger partial charge on any atom is 0.0700 e. The molecule has 0 fully saturated rings. The Morgan fingerprint density at radius 2 is 0.885 bits per heavy atom. The fourth-order valence-corrected chi connectivity index (χ4v) is 10.6. The fourth-order valence-electron chi connectivity index (χ4n) is 1.90. The zero-order chi connectivity index (χ0) is 17.6. The Labute approximate surface area is 188 Å². The first-order chi connectivity index (χ1) is 12.9. The molecule has 0 aromatic heterocycles. The molecule has 4 aliphatic heterocycles. The van der Waals surface area contributed by atoms with Gasteiger partial charge in [0.15, 0.2) is 0 Å². The molecule has 0 aromatic rings. The van der Waals surface area contributed by atoms with Crippen LogP contribution in [0.2, 0.25) is 0 Å². The van der Waals surface area contributed by atoms with Gasteiger partial charge in [-0.05, 0) is 44.6 Å². The molecular formula is C18H12S8. The molecule has 8 heteroatoms. The van der Waals surface area contributed by atoms with E-state index >= 15 is 0 Å². The average molecular weight is 485 g/mol. The molecule has 0 amide bonds. The highest BCUT2D eigenvalue weighted by molar-refractivity contribution is 8.34. The van der Waals surface area contributed by atoms with Crippen molar-refractivity contribution < 1.29 is 0 Å². The second-order valence-electron chi connectivity index (χ2n) is 4.75. The summed E-state index contributed by atoms with van der Waals surface area (Å²) in [5, 5.41) is 13.1. The van der Waals surface area contributed by atoms with Crippen molar-refractivity contribution in [3.05, 3.63) is 95.7 Å². The predicted molar refractivity (Wildman–Crippen MR) is 137 cm³/mol. The Balaban J connectivity index is 1.22. The highest BCUT2D eigenvalue weighted by Crippen LogP contribution is 2.54. The number of allylic oxidation sites excluding steroid dienone is 6. The second kappa shape index (κ2) is 10.3. The summed E-state index contributed by atoms with van der Waals surface area (Å²) in [4.78, 5) is 2.61. The molecule has 0 unspecified atom stereocenters. The van der Waals surface area contributed by atoms with Crippen LogP contribution in [-0.2, 0) is 0 Å². The average Bonchev–Trinajstić information content (AvgIpc) is 3.45. The number of hydrogen-bond acceptors (Lipinski definition) is 8. The smallest absolute Gasteiger partial charge is 0.0700 e. The lowest BCUT2D eigenvalue weighted by molar-refractivity contribution is 1.85. The lowest BCUT2D eigenvalue weighted by Crippen LogP contribution is -1.67. The van der Waals surface area contributed by atoms with Gasteiger partial charge in [-0.1, -0.05) is 118 Å². The van der Waals surface area contributed by atoms with Crippen LogP contribution in [0.15, 0.2) is 95.7 Å². The highest BCUT2D eigenvalue weighted by Gasteiger charge is 2.17. The lowest BCUT2D eigenvalue weighted by Gasteiger charge is -1.99. The van der Waals surface area contributed by atoms with Crippen molar-refractivity contribution in [3.8, 4) is 0 Å². The third-order valence-electron chi connectivity index (χ3n) is 2.98. The van der Waals surface area contributed by atoms with E-state index in [0.29, 0.717) is 0 Å². The molecule has 0 aliphatic carbocycles. The van der Waals surface area contributed by atoms with Crippen LogP contribution in [0.25, 0.3) is 0 Å². The first-order valence-electron chi connectivity index (χ1n) is 7.44. The molecule has 0 N–H and O–H groups in total. The number of rotatable bonds is 4. The van der Waals surface area contributed by atoms with Gasteiger partial charge in [0.2, 0.25) is 0 Å². The summed E-state index contributed by atoms with van der Waals surface area (Å²) in [6.45, 7) is 0. The van der Waals surface area contributed by atoms with E-state index in [1.165, 1.54) is 26.8 Å². The maximum atomic E-state index is 2.23. The summed E-state index contributed by atoms with van der Waals surface area (Å²) < 4.78 is 5.60. The molecule has 0 aromatic carbocycles. The fraction of sp³-hybridized carbons (Fsp3) is 0. The molecule has 0 radical (unpaired) electrons. The third-order valence-corrected chi connectivity index (χ3v) is 13.0. The molecular weight excluding hydrogens is 473 g/mol. The standard InChI is InChI=1S/C18H12S8/c1(3-5-13-11-23-17(25-13)15-19-7-8-20-15)2-4-6-14-12-24-18(26-14)16-21-9-10-22-16/h1-12H/b2-1+,5-3+,6-4+. The van der Waals surface area contributed by atoms with Gasteiger partial charge in [-0.15, -0.1) is 0 Å². The van der Waals surface area contributed by atoms with Gasteiger partial charge in [-0.2, -0.15) is 0 Å². The van der Waals surface area contributed by atoms with Crippen LogP contribution in [0.5, 0.6) is 0 Å². The summed E-state index contributed by atoms with van der Waals surface area (Å²) in [7, 11) is 0. The van der Waals surface area contributed by atoms with Gasteiger partial charge >= 0.3 is 0 Å². The Hall–Kier alpha value is 0.460. The van der Waals surface area contributed by atoms with Crippen molar-refractivity contribution in [2.75, 3.05) is 0 Å². The minimum Gasteiger partial charge on any atom is -0.0884 e. The topological polar surface area (TPSA) is 0 Å². The first kappa shape index (κ1) is 19.8. The summed E-state index contributed by atoms with van der Waals surface area (Å²) in [5.74, 6) is 0. The van der Waals surface area contributed by atoms with Gasteiger partial charge in [0, 0.05) is 9.81 Å². The molecule has 4 aliphatic rings. The molecule has 0 bridgehead atoms. The van der Waals surface area contributed by atoms with E-state index in [1.54, 1.807) is 0 Å². The number of hydrogen-bond donors (Lipinski definition) is 0. The van der Waals surface area contributed by atoms with Crippen LogP contribution in [0.1, 0.15) is 0 Å². The Morgan fingerprint density at radius 3 is 1.31 bits per heavy atom. The first-order valence-corrected chi connectivity index (χ1v) is 14.4. The van der Waals surface area contributed by atoms with Crippen molar-refractivity contribution >= 4 is 94.1 Å². The molecule has 0 spiro atoms. The zero-order valence-corrected chi connectivity index (χ0v) is 19.7. The minimum atomic E-state index is 1.31. The largest absolute Gasteiger partial charge is 0.0884 e. The van der Waals surface area contributed by atoms with E-state index in [-0.39, 0.29) is 0 Å². The van der Waals surface area contributed by atoms with Gasteiger partial charge in [-0.3, -0.25) is 0 Å². The summed E-state index contributed by atoms with van der Waals surface area (Å²) in [6, 6.07) is 0.